The molecule has 0 N–H and O–H groups in total. The highest BCUT2D eigenvalue weighted by Crippen LogP contribution is 2.16. The van der Waals surface area contributed by atoms with Crippen molar-refractivity contribution in [1.82, 2.24) is 9.55 Å². The van der Waals surface area contributed by atoms with Crippen molar-refractivity contribution >= 4 is 0 Å². The summed E-state index contributed by atoms with van der Waals surface area (Å²) in [5, 5.41) is 0. The molecule has 0 aliphatic heterocycles. The first-order valence-electron chi connectivity index (χ1n) is 6.44. The quantitative estimate of drug-likeness (QED) is 0.687. The lowest BCUT2D eigenvalue weighted by molar-refractivity contribution is 0.797. The Morgan fingerprint density at radius 2 is 1.68 bits per heavy atom. The Morgan fingerprint density at radius 1 is 0.947 bits per heavy atom. The van der Waals surface area contributed by atoms with Crippen LogP contribution in [0.5, 0.6) is 0 Å². The average molecular weight is 248 g/mol. The van der Waals surface area contributed by atoms with Crippen LogP contribution in [0.3, 0.4) is 0 Å². The van der Waals surface area contributed by atoms with E-state index in [4.69, 9.17) is 0 Å². The van der Waals surface area contributed by atoms with Crippen molar-refractivity contribution in [2.75, 3.05) is 0 Å². The van der Waals surface area contributed by atoms with Crippen molar-refractivity contribution in [3.8, 4) is 11.3 Å². The Hall–Kier alpha value is -2.35. The molecule has 0 radical (unpaired) electrons. The minimum atomic E-state index is 0.861. The first-order chi connectivity index (χ1) is 9.31. The molecule has 2 aromatic carbocycles. The Balaban J connectivity index is 1.80. The highest BCUT2D eigenvalue weighted by molar-refractivity contribution is 5.57. The van der Waals surface area contributed by atoms with Crippen LogP contribution >= 0.6 is 0 Å². The molecule has 19 heavy (non-hydrogen) atoms. The van der Waals surface area contributed by atoms with Crippen molar-refractivity contribution < 1.29 is 0 Å². The fourth-order valence-electron chi connectivity index (χ4n) is 2.11. The largest absolute Gasteiger partial charge is 0.332 e. The maximum Gasteiger partial charge on any atom is 0.0956 e. The van der Waals surface area contributed by atoms with Crippen molar-refractivity contribution in [2.24, 2.45) is 0 Å². The highest BCUT2D eigenvalue weighted by atomic mass is 15.0. The molecular formula is C17H16N2. The van der Waals surface area contributed by atoms with E-state index < -0.39 is 0 Å². The summed E-state index contributed by atoms with van der Waals surface area (Å²) in [7, 11) is 0. The lowest BCUT2D eigenvalue weighted by Crippen LogP contribution is -1.95. The van der Waals surface area contributed by atoms with Crippen molar-refractivity contribution in [2.45, 2.75) is 13.5 Å². The van der Waals surface area contributed by atoms with Crippen LogP contribution in [0, 0.1) is 6.92 Å². The number of imidazole rings is 1. The molecule has 3 aromatic rings. The standard InChI is InChI=1S/C17H16N2/c1-14-7-9-15(10-8-14)11-19-12-17(18-13-19)16-5-3-2-4-6-16/h2-10,12-13H,11H2,1H3. The second-order valence-corrected chi connectivity index (χ2v) is 4.78. The first kappa shape index (κ1) is 11.7. The number of rotatable bonds is 3. The molecular weight excluding hydrogens is 232 g/mol. The topological polar surface area (TPSA) is 17.8 Å². The molecule has 1 aromatic heterocycles. The van der Waals surface area contributed by atoms with Crippen LogP contribution in [-0.2, 0) is 6.54 Å². The third-order valence-electron chi connectivity index (χ3n) is 3.19. The molecule has 0 saturated heterocycles. The van der Waals surface area contributed by atoms with Crippen molar-refractivity contribution in [3.05, 3.63) is 78.2 Å². The van der Waals surface area contributed by atoms with E-state index in [0.717, 1.165) is 17.8 Å². The van der Waals surface area contributed by atoms with Gasteiger partial charge < -0.3 is 4.57 Å². The van der Waals surface area contributed by atoms with E-state index in [1.54, 1.807) is 0 Å². The molecule has 1 heterocycles. The molecule has 0 saturated carbocycles. The molecule has 2 nitrogen and oxygen atoms in total. The van der Waals surface area contributed by atoms with Gasteiger partial charge in [-0.3, -0.25) is 0 Å². The molecule has 0 atom stereocenters. The third kappa shape index (κ3) is 2.74. The Morgan fingerprint density at radius 3 is 2.42 bits per heavy atom. The Labute approximate surface area is 113 Å². The molecule has 0 amide bonds. The summed E-state index contributed by atoms with van der Waals surface area (Å²) >= 11 is 0. The van der Waals surface area contributed by atoms with E-state index in [1.807, 2.05) is 24.5 Å². The summed E-state index contributed by atoms with van der Waals surface area (Å²) < 4.78 is 2.12. The third-order valence-corrected chi connectivity index (χ3v) is 3.19. The molecule has 0 unspecified atom stereocenters. The summed E-state index contributed by atoms with van der Waals surface area (Å²) in [6.45, 7) is 2.97. The number of hydrogen-bond donors (Lipinski definition) is 0. The lowest BCUT2D eigenvalue weighted by Gasteiger charge is -2.02. The molecule has 0 fully saturated rings. The Kier molecular flexibility index (Phi) is 3.15. The summed E-state index contributed by atoms with van der Waals surface area (Å²) in [5.41, 5.74) is 4.76. The fourth-order valence-corrected chi connectivity index (χ4v) is 2.11. The second-order valence-electron chi connectivity index (χ2n) is 4.78. The van der Waals surface area contributed by atoms with Gasteiger partial charge in [-0.2, -0.15) is 0 Å². The van der Waals surface area contributed by atoms with Gasteiger partial charge in [0.15, 0.2) is 0 Å². The first-order valence-corrected chi connectivity index (χ1v) is 6.44. The smallest absolute Gasteiger partial charge is 0.0956 e. The SMILES string of the molecule is Cc1ccc(Cn2cnc(-c3ccccc3)c2)cc1. The maximum atomic E-state index is 4.46. The van der Waals surface area contributed by atoms with Crippen molar-refractivity contribution in [3.63, 3.8) is 0 Å². The molecule has 0 bridgehead atoms. The average Bonchev–Trinajstić information content (AvgIpc) is 2.91. The van der Waals surface area contributed by atoms with Gasteiger partial charge in [0.05, 0.1) is 12.0 Å². The van der Waals surface area contributed by atoms with Crippen LogP contribution in [-0.4, -0.2) is 9.55 Å². The molecule has 0 aliphatic rings. The van der Waals surface area contributed by atoms with E-state index in [9.17, 15) is 0 Å². The van der Waals surface area contributed by atoms with Crippen LogP contribution in [0.2, 0.25) is 0 Å². The predicted octanol–water partition coefficient (Wildman–Crippen LogP) is 3.91. The number of benzene rings is 2. The van der Waals surface area contributed by atoms with E-state index >= 15 is 0 Å². The molecule has 0 spiro atoms. The molecule has 94 valence electrons. The zero-order valence-electron chi connectivity index (χ0n) is 11.0. The predicted molar refractivity (Wildman–Crippen MR) is 77.9 cm³/mol. The van der Waals surface area contributed by atoms with Crippen molar-refractivity contribution in [1.29, 1.82) is 0 Å². The summed E-state index contributed by atoms with van der Waals surface area (Å²) in [4.78, 5) is 4.46. The van der Waals surface area contributed by atoms with Gasteiger partial charge in [-0.1, -0.05) is 60.2 Å². The Bertz CT molecular complexity index is 651. The van der Waals surface area contributed by atoms with Gasteiger partial charge in [0.2, 0.25) is 0 Å². The van der Waals surface area contributed by atoms with Gasteiger partial charge in [-0.25, -0.2) is 4.98 Å². The summed E-state index contributed by atoms with van der Waals surface area (Å²) in [6.07, 6.45) is 3.98. The normalized spacial score (nSPS) is 10.6. The molecule has 3 rings (SSSR count). The monoisotopic (exact) mass is 248 g/mol. The van der Waals surface area contributed by atoms with Gasteiger partial charge >= 0.3 is 0 Å². The number of aromatic nitrogens is 2. The van der Waals surface area contributed by atoms with Gasteiger partial charge in [0, 0.05) is 18.3 Å². The van der Waals surface area contributed by atoms with Crippen LogP contribution in [0.4, 0.5) is 0 Å². The minimum absolute atomic E-state index is 0.861. The zero-order valence-corrected chi connectivity index (χ0v) is 11.0. The van der Waals surface area contributed by atoms with Gasteiger partial charge in [-0.05, 0) is 12.5 Å². The highest BCUT2D eigenvalue weighted by Gasteiger charge is 2.01. The van der Waals surface area contributed by atoms with Crippen LogP contribution in [0.25, 0.3) is 11.3 Å². The van der Waals surface area contributed by atoms with Gasteiger partial charge in [-0.15, -0.1) is 0 Å². The number of aryl methyl sites for hydroxylation is 1. The molecule has 2 heteroatoms. The van der Waals surface area contributed by atoms with E-state index in [-0.39, 0.29) is 0 Å². The summed E-state index contributed by atoms with van der Waals surface area (Å²) in [5.74, 6) is 0. The zero-order chi connectivity index (χ0) is 13.1. The summed E-state index contributed by atoms with van der Waals surface area (Å²) in [6, 6.07) is 18.9. The van der Waals surface area contributed by atoms with E-state index in [0.29, 0.717) is 0 Å². The van der Waals surface area contributed by atoms with Crippen LogP contribution in [0.15, 0.2) is 67.1 Å². The van der Waals surface area contributed by atoms with Crippen LogP contribution < -0.4 is 0 Å². The lowest BCUT2D eigenvalue weighted by atomic mass is 10.1. The minimum Gasteiger partial charge on any atom is -0.332 e. The van der Waals surface area contributed by atoms with Gasteiger partial charge in [0.25, 0.3) is 0 Å². The molecule has 0 aliphatic carbocycles. The number of nitrogens with zero attached hydrogens (tertiary/aromatic N) is 2. The van der Waals surface area contributed by atoms with E-state index in [1.165, 1.54) is 11.1 Å². The van der Waals surface area contributed by atoms with E-state index in [2.05, 4.69) is 59.1 Å². The fraction of sp³-hybridized carbons (Fsp3) is 0.118. The van der Waals surface area contributed by atoms with Crippen LogP contribution in [0.1, 0.15) is 11.1 Å². The van der Waals surface area contributed by atoms with Gasteiger partial charge in [0.1, 0.15) is 0 Å². The maximum absolute atomic E-state index is 4.46. The number of hydrogen-bond acceptors (Lipinski definition) is 1. The second kappa shape index (κ2) is 5.11.